The molecule has 0 saturated heterocycles. The number of carbonyl (C=O) groups excluding carboxylic acids is 3. The largest absolute Gasteiger partial charge is 0.496 e. The molecule has 2 aromatic rings. The van der Waals surface area contributed by atoms with Crippen LogP contribution in [0.1, 0.15) is 76.9 Å². The number of methoxy groups -OCH3 is 1. The summed E-state index contributed by atoms with van der Waals surface area (Å²) in [5.74, 6) is 0.251. The molecule has 0 fully saturated rings. The van der Waals surface area contributed by atoms with Gasteiger partial charge in [0.05, 0.1) is 17.9 Å². The molecule has 6 heteroatoms. The zero-order valence-electron chi connectivity index (χ0n) is 23.4. The molecular formula is C31H38O6. The highest BCUT2D eigenvalue weighted by Gasteiger charge is 2.29. The van der Waals surface area contributed by atoms with E-state index in [-0.39, 0.29) is 17.7 Å². The van der Waals surface area contributed by atoms with Gasteiger partial charge >= 0.3 is 11.9 Å². The fourth-order valence-corrected chi connectivity index (χ4v) is 3.04. The Balaban J connectivity index is 2.38. The van der Waals surface area contributed by atoms with Crippen molar-refractivity contribution < 1.29 is 28.6 Å². The standard InChI is InChI=1S/C31H38O6/c1-11-31(8,9)23-18-21(25(35-10)19-26(23)37-28(34)30(5,6)7)14-17-24(32)20-12-15-22(16-13-20)36-27(33)29(2,3)4/h11-19H,1H2,2-10H3. The second-order valence-corrected chi connectivity index (χ2v) is 11.5. The molecule has 0 atom stereocenters. The van der Waals surface area contributed by atoms with E-state index >= 15 is 0 Å². The molecule has 6 nitrogen and oxygen atoms in total. The van der Waals surface area contributed by atoms with E-state index in [1.165, 1.54) is 13.2 Å². The molecule has 0 aliphatic rings. The van der Waals surface area contributed by atoms with Gasteiger partial charge in [-0.25, -0.2) is 0 Å². The van der Waals surface area contributed by atoms with Crippen LogP contribution in [-0.4, -0.2) is 24.8 Å². The minimum absolute atomic E-state index is 0.233. The Morgan fingerprint density at radius 1 is 0.784 bits per heavy atom. The Morgan fingerprint density at radius 2 is 1.32 bits per heavy atom. The first-order valence-electron chi connectivity index (χ1n) is 12.1. The van der Waals surface area contributed by atoms with Gasteiger partial charge in [0.15, 0.2) is 5.78 Å². The van der Waals surface area contributed by atoms with Crippen LogP contribution in [0.25, 0.3) is 6.08 Å². The minimum atomic E-state index is -0.686. The summed E-state index contributed by atoms with van der Waals surface area (Å²) < 4.78 is 16.7. The van der Waals surface area contributed by atoms with Crippen LogP contribution in [0.3, 0.4) is 0 Å². The lowest BCUT2D eigenvalue weighted by molar-refractivity contribution is -0.143. The molecule has 0 aliphatic heterocycles. The first-order valence-corrected chi connectivity index (χ1v) is 12.1. The molecule has 2 aromatic carbocycles. The number of ether oxygens (including phenoxy) is 3. The molecule has 0 aliphatic carbocycles. The van der Waals surface area contributed by atoms with Gasteiger partial charge in [0.1, 0.15) is 17.2 Å². The Bertz CT molecular complexity index is 1200. The van der Waals surface area contributed by atoms with Crippen LogP contribution in [-0.2, 0) is 15.0 Å². The average Bonchev–Trinajstić information content (AvgIpc) is 2.81. The molecule has 0 radical (unpaired) electrons. The number of rotatable bonds is 8. The van der Waals surface area contributed by atoms with Crippen LogP contribution in [0.15, 0.2) is 55.1 Å². The zero-order chi connectivity index (χ0) is 28.2. The monoisotopic (exact) mass is 506 g/mol. The Labute approximate surface area is 220 Å². The summed E-state index contributed by atoms with van der Waals surface area (Å²) in [4.78, 5) is 37.5. The van der Waals surface area contributed by atoms with E-state index in [1.807, 2.05) is 19.9 Å². The highest BCUT2D eigenvalue weighted by molar-refractivity contribution is 6.07. The van der Waals surface area contributed by atoms with E-state index in [4.69, 9.17) is 14.2 Å². The summed E-state index contributed by atoms with van der Waals surface area (Å²) in [5.41, 5.74) is -0.0185. The highest BCUT2D eigenvalue weighted by atomic mass is 16.5. The fraction of sp³-hybridized carbons (Fsp3) is 0.387. The van der Waals surface area contributed by atoms with Crippen molar-refractivity contribution in [2.75, 3.05) is 7.11 Å². The van der Waals surface area contributed by atoms with Gasteiger partial charge < -0.3 is 14.2 Å². The molecule has 0 heterocycles. The van der Waals surface area contributed by atoms with Gasteiger partial charge in [-0.1, -0.05) is 19.9 Å². The van der Waals surface area contributed by atoms with Crippen LogP contribution in [0.5, 0.6) is 17.2 Å². The summed E-state index contributed by atoms with van der Waals surface area (Å²) in [7, 11) is 1.51. The van der Waals surface area contributed by atoms with E-state index < -0.39 is 16.2 Å². The molecule has 0 spiro atoms. The first kappa shape index (κ1) is 29.6. The van der Waals surface area contributed by atoms with Crippen molar-refractivity contribution in [1.29, 1.82) is 0 Å². The smallest absolute Gasteiger partial charge is 0.316 e. The molecule has 2 rings (SSSR count). The second kappa shape index (κ2) is 11.2. The van der Waals surface area contributed by atoms with Crippen molar-refractivity contribution in [3.63, 3.8) is 0 Å². The minimum Gasteiger partial charge on any atom is -0.496 e. The third-order valence-corrected chi connectivity index (χ3v) is 5.73. The lowest BCUT2D eigenvalue weighted by atomic mass is 9.83. The predicted octanol–water partition coefficient (Wildman–Crippen LogP) is 6.96. The van der Waals surface area contributed by atoms with Crippen LogP contribution >= 0.6 is 0 Å². The molecule has 0 unspecified atom stereocenters. The molecule has 0 amide bonds. The molecule has 0 bridgehead atoms. The number of benzene rings is 2. The van der Waals surface area contributed by atoms with Crippen molar-refractivity contribution in [2.24, 2.45) is 10.8 Å². The normalized spacial score (nSPS) is 12.2. The first-order chi connectivity index (χ1) is 17.0. The molecule has 37 heavy (non-hydrogen) atoms. The van der Waals surface area contributed by atoms with Crippen molar-refractivity contribution in [3.8, 4) is 17.2 Å². The Morgan fingerprint density at radius 3 is 1.81 bits per heavy atom. The highest BCUT2D eigenvalue weighted by Crippen LogP contribution is 2.39. The maximum Gasteiger partial charge on any atom is 0.316 e. The van der Waals surface area contributed by atoms with Crippen LogP contribution in [0.2, 0.25) is 0 Å². The van der Waals surface area contributed by atoms with Crippen LogP contribution < -0.4 is 14.2 Å². The maximum absolute atomic E-state index is 12.9. The summed E-state index contributed by atoms with van der Waals surface area (Å²) in [6, 6.07) is 9.90. The van der Waals surface area contributed by atoms with Gasteiger partial charge in [-0.3, -0.25) is 14.4 Å². The molecule has 198 valence electrons. The fourth-order valence-electron chi connectivity index (χ4n) is 3.04. The number of allylic oxidation sites excluding steroid dienone is 2. The summed E-state index contributed by atoms with van der Waals surface area (Å²) in [6.45, 7) is 18.5. The van der Waals surface area contributed by atoms with Gasteiger partial charge in [0, 0.05) is 28.2 Å². The van der Waals surface area contributed by atoms with E-state index in [0.717, 1.165) is 5.56 Å². The molecular weight excluding hydrogens is 468 g/mol. The number of carbonyl (C=O) groups is 3. The number of esters is 2. The molecule has 0 N–H and O–H groups in total. The van der Waals surface area contributed by atoms with Crippen LogP contribution in [0, 0.1) is 10.8 Å². The van der Waals surface area contributed by atoms with Gasteiger partial charge in [-0.2, -0.15) is 0 Å². The second-order valence-electron chi connectivity index (χ2n) is 11.5. The van der Waals surface area contributed by atoms with Crippen molar-refractivity contribution in [3.05, 3.63) is 71.8 Å². The van der Waals surface area contributed by atoms with Gasteiger partial charge in [0.2, 0.25) is 0 Å². The van der Waals surface area contributed by atoms with E-state index in [1.54, 1.807) is 84.0 Å². The Kier molecular flexibility index (Phi) is 8.91. The molecule has 0 saturated carbocycles. The lowest BCUT2D eigenvalue weighted by Crippen LogP contribution is -2.27. The van der Waals surface area contributed by atoms with Crippen molar-refractivity contribution in [1.82, 2.24) is 0 Å². The average molecular weight is 507 g/mol. The lowest BCUT2D eigenvalue weighted by Gasteiger charge is -2.26. The summed E-state index contributed by atoms with van der Waals surface area (Å²) >= 11 is 0. The number of hydrogen-bond donors (Lipinski definition) is 0. The van der Waals surface area contributed by atoms with Crippen molar-refractivity contribution in [2.45, 2.75) is 60.8 Å². The molecule has 0 aromatic heterocycles. The summed E-state index contributed by atoms with van der Waals surface area (Å²) in [5, 5.41) is 0. The zero-order valence-corrected chi connectivity index (χ0v) is 23.4. The number of hydrogen-bond acceptors (Lipinski definition) is 6. The van der Waals surface area contributed by atoms with E-state index in [9.17, 15) is 14.4 Å². The van der Waals surface area contributed by atoms with Gasteiger partial charge in [-0.05, 0) is 84.0 Å². The van der Waals surface area contributed by atoms with E-state index in [0.29, 0.717) is 28.4 Å². The third-order valence-electron chi connectivity index (χ3n) is 5.73. The predicted molar refractivity (Wildman–Crippen MR) is 146 cm³/mol. The van der Waals surface area contributed by atoms with Crippen LogP contribution in [0.4, 0.5) is 0 Å². The Hall–Kier alpha value is -3.67. The topological polar surface area (TPSA) is 78.9 Å². The quantitative estimate of drug-likeness (QED) is 0.127. The SMILES string of the molecule is C=CC(C)(C)c1cc(C=CC(=O)c2ccc(OC(=O)C(C)(C)C)cc2)c(OC)cc1OC(=O)C(C)(C)C. The maximum atomic E-state index is 12.9. The van der Waals surface area contributed by atoms with Crippen molar-refractivity contribution >= 4 is 23.8 Å². The van der Waals surface area contributed by atoms with Gasteiger partial charge in [0.25, 0.3) is 0 Å². The number of ketones is 1. The third kappa shape index (κ3) is 7.66. The van der Waals surface area contributed by atoms with Gasteiger partial charge in [-0.15, -0.1) is 6.58 Å². The van der Waals surface area contributed by atoms with E-state index in [2.05, 4.69) is 6.58 Å². The summed E-state index contributed by atoms with van der Waals surface area (Å²) in [6.07, 6.45) is 4.88.